The standard InChI is InChI=1S/C27H18FN3O6S/c1-13-10-16-11-15(4-9-20(16)37-13)24(32)22-23(14-2-6-18(7-3-14)31(35)36)30(26(34)25(22)33)27-29-19-8-5-17(28)12-21(19)38-27/h2-9,11-13,23,32H,10H2,1H3/b24-22+/t13-,23-/m1/s1. The molecule has 190 valence electrons. The Labute approximate surface area is 218 Å². The molecule has 0 unspecified atom stereocenters. The topological polar surface area (TPSA) is 123 Å². The van der Waals surface area contributed by atoms with Crippen LogP contribution in [-0.2, 0) is 16.0 Å². The van der Waals surface area contributed by atoms with Crippen LogP contribution in [0.5, 0.6) is 5.75 Å². The van der Waals surface area contributed by atoms with Gasteiger partial charge in [0, 0.05) is 24.1 Å². The van der Waals surface area contributed by atoms with Crippen molar-refractivity contribution in [3.8, 4) is 5.75 Å². The van der Waals surface area contributed by atoms with Gasteiger partial charge in [-0.15, -0.1) is 0 Å². The minimum atomic E-state index is -1.12. The van der Waals surface area contributed by atoms with Crippen molar-refractivity contribution in [2.75, 3.05) is 4.90 Å². The number of amides is 1. The smallest absolute Gasteiger partial charge is 0.301 e. The molecular formula is C27H18FN3O6S. The molecule has 2 aliphatic rings. The maximum absolute atomic E-state index is 13.8. The molecule has 1 saturated heterocycles. The Morgan fingerprint density at radius 2 is 1.92 bits per heavy atom. The first kappa shape index (κ1) is 23.7. The summed E-state index contributed by atoms with van der Waals surface area (Å²) in [7, 11) is 0. The Morgan fingerprint density at radius 1 is 1.16 bits per heavy atom. The van der Waals surface area contributed by atoms with Crippen LogP contribution in [0.25, 0.3) is 16.0 Å². The second-order valence-corrected chi connectivity index (χ2v) is 10.1. The lowest BCUT2D eigenvalue weighted by Gasteiger charge is -2.23. The molecule has 1 aromatic heterocycles. The van der Waals surface area contributed by atoms with E-state index in [9.17, 15) is 29.2 Å². The number of fused-ring (bicyclic) bond motifs is 2. The average Bonchev–Trinajstić information content (AvgIpc) is 3.55. The number of halogens is 1. The predicted octanol–water partition coefficient (Wildman–Crippen LogP) is 5.29. The highest BCUT2D eigenvalue weighted by Crippen LogP contribution is 2.45. The van der Waals surface area contributed by atoms with Gasteiger partial charge in [-0.05, 0) is 66.6 Å². The van der Waals surface area contributed by atoms with Crippen molar-refractivity contribution in [2.24, 2.45) is 0 Å². The summed E-state index contributed by atoms with van der Waals surface area (Å²) in [5.41, 5.74) is 1.63. The number of thiazole rings is 1. The molecule has 11 heteroatoms. The highest BCUT2D eigenvalue weighted by atomic mass is 32.1. The molecule has 2 aliphatic heterocycles. The third-order valence-corrected chi connectivity index (χ3v) is 7.60. The molecule has 1 fully saturated rings. The van der Waals surface area contributed by atoms with E-state index in [1.807, 2.05) is 6.92 Å². The van der Waals surface area contributed by atoms with Crippen LogP contribution in [0.3, 0.4) is 0 Å². The molecule has 38 heavy (non-hydrogen) atoms. The molecule has 3 heterocycles. The van der Waals surface area contributed by atoms with Crippen LogP contribution < -0.4 is 9.64 Å². The Hall–Kier alpha value is -4.64. The van der Waals surface area contributed by atoms with Gasteiger partial charge < -0.3 is 9.84 Å². The van der Waals surface area contributed by atoms with E-state index in [0.29, 0.717) is 33.5 Å². The number of carbonyl (C=O) groups excluding carboxylic acids is 2. The van der Waals surface area contributed by atoms with Crippen molar-refractivity contribution < 1.29 is 28.7 Å². The molecule has 0 spiro atoms. The summed E-state index contributed by atoms with van der Waals surface area (Å²) in [6.07, 6.45) is 0.593. The molecule has 0 radical (unpaired) electrons. The fourth-order valence-electron chi connectivity index (χ4n) is 4.84. The molecular weight excluding hydrogens is 513 g/mol. The number of anilines is 1. The number of Topliss-reactive ketones (excluding diaryl/α,β-unsaturated/α-hetero) is 1. The zero-order valence-electron chi connectivity index (χ0n) is 19.8. The van der Waals surface area contributed by atoms with Crippen LogP contribution in [0.15, 0.2) is 66.2 Å². The molecule has 2 atom stereocenters. The fourth-order valence-corrected chi connectivity index (χ4v) is 5.85. The zero-order chi connectivity index (χ0) is 26.7. The van der Waals surface area contributed by atoms with Crippen LogP contribution in [0.1, 0.15) is 29.7 Å². The minimum Gasteiger partial charge on any atom is -0.507 e. The van der Waals surface area contributed by atoms with Crippen molar-refractivity contribution >= 4 is 49.8 Å². The number of benzene rings is 3. The SMILES string of the molecule is C[C@@H]1Cc2cc(/C(O)=C3\C(=O)C(=O)N(c4nc5ccc(F)cc5s4)[C@@H]3c3ccc([N+](=O)[O-])cc3)ccc2O1. The molecule has 6 rings (SSSR count). The normalized spacial score (nSPS) is 20.1. The largest absolute Gasteiger partial charge is 0.507 e. The van der Waals surface area contributed by atoms with E-state index in [2.05, 4.69) is 4.98 Å². The van der Waals surface area contributed by atoms with Gasteiger partial charge in [-0.25, -0.2) is 9.37 Å². The summed E-state index contributed by atoms with van der Waals surface area (Å²) in [6, 6.07) is 13.3. The average molecular weight is 532 g/mol. The summed E-state index contributed by atoms with van der Waals surface area (Å²) in [5.74, 6) is -2.03. The Kier molecular flexibility index (Phi) is 5.46. The van der Waals surface area contributed by atoms with Crippen molar-refractivity contribution in [2.45, 2.75) is 25.5 Å². The first-order valence-electron chi connectivity index (χ1n) is 11.6. The molecule has 0 bridgehead atoms. The molecule has 0 aliphatic carbocycles. The number of non-ortho nitro benzene ring substituents is 1. The Balaban J connectivity index is 1.53. The highest BCUT2D eigenvalue weighted by molar-refractivity contribution is 7.22. The predicted molar refractivity (Wildman–Crippen MR) is 138 cm³/mol. The molecule has 0 saturated carbocycles. The lowest BCUT2D eigenvalue weighted by Crippen LogP contribution is -2.29. The molecule has 9 nitrogen and oxygen atoms in total. The summed E-state index contributed by atoms with van der Waals surface area (Å²) in [6.45, 7) is 1.92. The first-order chi connectivity index (χ1) is 18.2. The number of ketones is 1. The second kappa shape index (κ2) is 8.73. The van der Waals surface area contributed by atoms with Gasteiger partial charge in [0.15, 0.2) is 5.13 Å². The van der Waals surface area contributed by atoms with E-state index in [1.54, 1.807) is 18.2 Å². The summed E-state index contributed by atoms with van der Waals surface area (Å²) in [5, 5.41) is 22.7. The first-order valence-corrected chi connectivity index (χ1v) is 12.4. The maximum Gasteiger partial charge on any atom is 0.301 e. The van der Waals surface area contributed by atoms with Crippen LogP contribution in [0.4, 0.5) is 15.2 Å². The molecule has 4 aromatic rings. The molecule has 3 aromatic carbocycles. The van der Waals surface area contributed by atoms with E-state index in [4.69, 9.17) is 4.74 Å². The quantitative estimate of drug-likeness (QED) is 0.125. The van der Waals surface area contributed by atoms with Crippen molar-refractivity contribution in [1.29, 1.82) is 0 Å². The summed E-state index contributed by atoms with van der Waals surface area (Å²) in [4.78, 5) is 43.0. The third kappa shape index (κ3) is 3.79. The Bertz CT molecular complexity index is 1700. The summed E-state index contributed by atoms with van der Waals surface area (Å²) < 4.78 is 20.0. The number of carbonyl (C=O) groups is 2. The van der Waals surface area contributed by atoms with Gasteiger partial charge >= 0.3 is 5.91 Å². The number of nitro benzene ring substituents is 1. The lowest BCUT2D eigenvalue weighted by atomic mass is 9.94. The highest BCUT2D eigenvalue weighted by Gasteiger charge is 2.48. The summed E-state index contributed by atoms with van der Waals surface area (Å²) >= 11 is 1.02. The maximum atomic E-state index is 13.8. The van der Waals surface area contributed by atoms with E-state index < -0.39 is 28.5 Å². The number of aliphatic hydroxyl groups is 1. The van der Waals surface area contributed by atoms with Gasteiger partial charge in [-0.2, -0.15) is 0 Å². The number of ether oxygens (including phenoxy) is 1. The Morgan fingerprint density at radius 3 is 2.66 bits per heavy atom. The number of hydrogen-bond donors (Lipinski definition) is 1. The fraction of sp³-hybridized carbons (Fsp3) is 0.148. The van der Waals surface area contributed by atoms with E-state index in [-0.39, 0.29) is 28.3 Å². The van der Waals surface area contributed by atoms with E-state index >= 15 is 0 Å². The number of aliphatic hydroxyl groups excluding tert-OH is 1. The van der Waals surface area contributed by atoms with Crippen molar-refractivity contribution in [3.63, 3.8) is 0 Å². The van der Waals surface area contributed by atoms with Gasteiger partial charge in [0.25, 0.3) is 11.5 Å². The lowest BCUT2D eigenvalue weighted by molar-refractivity contribution is -0.384. The van der Waals surface area contributed by atoms with E-state index in [0.717, 1.165) is 21.8 Å². The van der Waals surface area contributed by atoms with Crippen LogP contribution in [-0.4, -0.2) is 32.8 Å². The molecule has 1 amide bonds. The van der Waals surface area contributed by atoms with Gasteiger partial charge in [0.1, 0.15) is 23.4 Å². The zero-order valence-corrected chi connectivity index (χ0v) is 20.6. The minimum absolute atomic E-state index is 0.0306. The third-order valence-electron chi connectivity index (χ3n) is 6.58. The number of aromatic nitrogens is 1. The number of nitro groups is 1. The van der Waals surface area contributed by atoms with Gasteiger partial charge in [0.05, 0.1) is 26.8 Å². The molecule has 1 N–H and O–H groups in total. The van der Waals surface area contributed by atoms with Crippen molar-refractivity contribution in [1.82, 2.24) is 4.98 Å². The van der Waals surface area contributed by atoms with E-state index in [1.165, 1.54) is 42.5 Å². The van der Waals surface area contributed by atoms with Gasteiger partial charge in [-0.3, -0.25) is 24.6 Å². The number of hydrogen-bond acceptors (Lipinski definition) is 8. The number of rotatable bonds is 4. The van der Waals surface area contributed by atoms with Crippen molar-refractivity contribution in [3.05, 3.63) is 98.9 Å². The van der Waals surface area contributed by atoms with Crippen LogP contribution in [0, 0.1) is 15.9 Å². The van der Waals surface area contributed by atoms with Crippen LogP contribution >= 0.6 is 11.3 Å². The van der Waals surface area contributed by atoms with Gasteiger partial charge in [0.2, 0.25) is 0 Å². The van der Waals surface area contributed by atoms with Crippen LogP contribution in [0.2, 0.25) is 0 Å². The van der Waals surface area contributed by atoms with Gasteiger partial charge in [-0.1, -0.05) is 11.3 Å². The number of nitrogens with zero attached hydrogens (tertiary/aromatic N) is 3. The monoisotopic (exact) mass is 531 g/mol. The second-order valence-electron chi connectivity index (χ2n) is 9.08.